The lowest BCUT2D eigenvalue weighted by Gasteiger charge is -2.07. The highest BCUT2D eigenvalue weighted by Crippen LogP contribution is 2.20. The normalized spacial score (nSPS) is 10.7. The zero-order valence-electron chi connectivity index (χ0n) is 8.61. The van der Waals surface area contributed by atoms with Crippen LogP contribution in [-0.4, -0.2) is 13.2 Å². The minimum Gasteiger partial charge on any atom is -0.303 e. The molecule has 0 amide bonds. The van der Waals surface area contributed by atoms with Gasteiger partial charge in [-0.1, -0.05) is 11.6 Å². The van der Waals surface area contributed by atoms with Gasteiger partial charge in [-0.25, -0.2) is 9.82 Å². The maximum Gasteiger partial charge on any atom is 0.126 e. The van der Waals surface area contributed by atoms with Crippen LogP contribution in [0, 0.1) is 12.7 Å². The fourth-order valence-corrected chi connectivity index (χ4v) is 1.58. The SMILES string of the molecule is Cc1cc(Cl)c(CCNCNN)cc1F. The van der Waals surface area contributed by atoms with Crippen LogP contribution in [0.2, 0.25) is 5.02 Å². The van der Waals surface area contributed by atoms with Crippen LogP contribution >= 0.6 is 11.6 Å². The third kappa shape index (κ3) is 3.76. The fourth-order valence-electron chi connectivity index (χ4n) is 1.26. The van der Waals surface area contributed by atoms with Crippen molar-refractivity contribution in [2.24, 2.45) is 5.84 Å². The molecule has 0 saturated carbocycles. The summed E-state index contributed by atoms with van der Waals surface area (Å²) in [6.07, 6.45) is 0.678. The van der Waals surface area contributed by atoms with E-state index in [0.29, 0.717) is 30.2 Å². The van der Waals surface area contributed by atoms with Crippen molar-refractivity contribution in [2.75, 3.05) is 13.2 Å². The molecule has 0 radical (unpaired) electrons. The van der Waals surface area contributed by atoms with Gasteiger partial charge in [0.25, 0.3) is 0 Å². The van der Waals surface area contributed by atoms with Crippen molar-refractivity contribution in [2.45, 2.75) is 13.3 Å². The van der Waals surface area contributed by atoms with Gasteiger partial charge in [0.2, 0.25) is 0 Å². The first-order chi connectivity index (χ1) is 7.15. The molecule has 0 fully saturated rings. The number of hydrogen-bond acceptors (Lipinski definition) is 3. The molecule has 15 heavy (non-hydrogen) atoms. The molecule has 84 valence electrons. The predicted octanol–water partition coefficient (Wildman–Crippen LogP) is 1.34. The summed E-state index contributed by atoms with van der Waals surface area (Å²) < 4.78 is 13.2. The smallest absolute Gasteiger partial charge is 0.126 e. The van der Waals surface area contributed by atoms with Gasteiger partial charge >= 0.3 is 0 Å². The van der Waals surface area contributed by atoms with Crippen LogP contribution in [0.3, 0.4) is 0 Å². The number of nitrogens with two attached hydrogens (primary N) is 1. The molecule has 1 aromatic carbocycles. The van der Waals surface area contributed by atoms with Crippen LogP contribution in [0.4, 0.5) is 4.39 Å². The van der Waals surface area contributed by atoms with Crippen LogP contribution in [0.15, 0.2) is 12.1 Å². The molecule has 0 saturated heterocycles. The lowest BCUT2D eigenvalue weighted by atomic mass is 10.1. The average molecular weight is 232 g/mol. The van der Waals surface area contributed by atoms with Crippen LogP contribution in [0.25, 0.3) is 0 Å². The quantitative estimate of drug-likeness (QED) is 0.310. The molecule has 1 aromatic rings. The largest absolute Gasteiger partial charge is 0.303 e. The maximum absolute atomic E-state index is 13.2. The Labute approximate surface area is 93.8 Å². The van der Waals surface area contributed by atoms with Gasteiger partial charge in [0.1, 0.15) is 5.82 Å². The summed E-state index contributed by atoms with van der Waals surface area (Å²) in [5, 5.41) is 3.64. The van der Waals surface area contributed by atoms with Crippen LogP contribution < -0.4 is 16.6 Å². The Bertz CT molecular complexity index is 331. The van der Waals surface area contributed by atoms with Gasteiger partial charge in [0, 0.05) is 11.6 Å². The third-order valence-corrected chi connectivity index (χ3v) is 2.48. The molecule has 0 atom stereocenters. The highest BCUT2D eigenvalue weighted by Gasteiger charge is 2.05. The summed E-state index contributed by atoms with van der Waals surface area (Å²) in [6.45, 7) is 2.92. The summed E-state index contributed by atoms with van der Waals surface area (Å²) in [5.74, 6) is 4.87. The molecule has 0 aliphatic heterocycles. The van der Waals surface area contributed by atoms with Crippen molar-refractivity contribution in [3.63, 3.8) is 0 Å². The Morgan fingerprint density at radius 1 is 1.47 bits per heavy atom. The second kappa shape index (κ2) is 6.02. The van der Waals surface area contributed by atoms with Crippen LogP contribution in [0.5, 0.6) is 0 Å². The number of rotatable bonds is 5. The summed E-state index contributed by atoms with van der Waals surface area (Å²) in [4.78, 5) is 0. The van der Waals surface area contributed by atoms with Gasteiger partial charge in [0.15, 0.2) is 0 Å². The first-order valence-corrected chi connectivity index (χ1v) is 5.11. The summed E-state index contributed by atoms with van der Waals surface area (Å²) in [6, 6.07) is 3.13. The third-order valence-electron chi connectivity index (χ3n) is 2.13. The van der Waals surface area contributed by atoms with Crippen molar-refractivity contribution in [1.82, 2.24) is 10.7 Å². The lowest BCUT2D eigenvalue weighted by Crippen LogP contribution is -2.34. The van der Waals surface area contributed by atoms with Crippen molar-refractivity contribution in [3.05, 3.63) is 34.1 Å². The molecule has 0 aliphatic carbocycles. The minimum atomic E-state index is -0.216. The average Bonchev–Trinajstić information content (AvgIpc) is 2.20. The van der Waals surface area contributed by atoms with E-state index in [9.17, 15) is 4.39 Å². The zero-order chi connectivity index (χ0) is 11.3. The molecular formula is C10H15ClFN3. The Kier molecular flexibility index (Phi) is 4.98. The Morgan fingerprint density at radius 3 is 2.87 bits per heavy atom. The van der Waals surface area contributed by atoms with E-state index in [1.807, 2.05) is 0 Å². The maximum atomic E-state index is 13.2. The zero-order valence-corrected chi connectivity index (χ0v) is 9.37. The van der Waals surface area contributed by atoms with E-state index in [4.69, 9.17) is 17.4 Å². The predicted molar refractivity (Wildman–Crippen MR) is 60.0 cm³/mol. The van der Waals surface area contributed by atoms with E-state index in [1.54, 1.807) is 13.0 Å². The minimum absolute atomic E-state index is 0.216. The van der Waals surface area contributed by atoms with Gasteiger partial charge in [-0.05, 0) is 36.6 Å². The van der Waals surface area contributed by atoms with Gasteiger partial charge in [-0.2, -0.15) is 0 Å². The summed E-state index contributed by atoms with van der Waals surface area (Å²) in [5.41, 5.74) is 3.85. The molecule has 0 aliphatic rings. The Balaban J connectivity index is 2.57. The highest BCUT2D eigenvalue weighted by atomic mass is 35.5. The number of hydrazine groups is 1. The molecule has 4 N–H and O–H groups in total. The molecule has 1 rings (SSSR count). The summed E-state index contributed by atoms with van der Waals surface area (Å²) in [7, 11) is 0. The molecule has 0 heterocycles. The number of nitrogens with one attached hydrogen (secondary N) is 2. The first kappa shape index (κ1) is 12.4. The molecular weight excluding hydrogens is 217 g/mol. The second-order valence-electron chi connectivity index (χ2n) is 3.32. The molecule has 5 heteroatoms. The van der Waals surface area contributed by atoms with Crippen molar-refractivity contribution < 1.29 is 4.39 Å². The van der Waals surface area contributed by atoms with E-state index in [0.717, 1.165) is 5.56 Å². The molecule has 0 aromatic heterocycles. The van der Waals surface area contributed by atoms with E-state index in [1.165, 1.54) is 6.07 Å². The number of halogens is 2. The summed E-state index contributed by atoms with van der Waals surface area (Å²) >= 11 is 5.98. The number of benzene rings is 1. The van der Waals surface area contributed by atoms with Crippen LogP contribution in [-0.2, 0) is 6.42 Å². The van der Waals surface area contributed by atoms with Crippen molar-refractivity contribution in [1.29, 1.82) is 0 Å². The lowest BCUT2D eigenvalue weighted by molar-refractivity contribution is 0.595. The molecule has 0 spiro atoms. The molecule has 3 nitrogen and oxygen atoms in total. The molecule has 0 bridgehead atoms. The van der Waals surface area contributed by atoms with E-state index < -0.39 is 0 Å². The van der Waals surface area contributed by atoms with Crippen molar-refractivity contribution >= 4 is 11.6 Å². The van der Waals surface area contributed by atoms with Gasteiger partial charge < -0.3 is 5.32 Å². The van der Waals surface area contributed by atoms with Gasteiger partial charge in [0.05, 0.1) is 6.67 Å². The van der Waals surface area contributed by atoms with E-state index in [2.05, 4.69) is 10.7 Å². The molecule has 0 unspecified atom stereocenters. The standard InChI is InChI=1S/C10H15ClFN3/c1-7-4-9(11)8(5-10(7)12)2-3-14-6-15-13/h4-5,14-15H,2-3,6,13H2,1H3. The highest BCUT2D eigenvalue weighted by molar-refractivity contribution is 6.31. The van der Waals surface area contributed by atoms with Crippen molar-refractivity contribution in [3.8, 4) is 0 Å². The topological polar surface area (TPSA) is 50.1 Å². The first-order valence-electron chi connectivity index (χ1n) is 4.74. The second-order valence-corrected chi connectivity index (χ2v) is 3.73. The van der Waals surface area contributed by atoms with Gasteiger partial charge in [-0.3, -0.25) is 5.84 Å². The van der Waals surface area contributed by atoms with E-state index >= 15 is 0 Å². The Morgan fingerprint density at radius 2 is 2.20 bits per heavy atom. The Hall–Kier alpha value is -0.680. The fraction of sp³-hybridized carbons (Fsp3) is 0.400. The van der Waals surface area contributed by atoms with Gasteiger partial charge in [-0.15, -0.1) is 0 Å². The van der Waals surface area contributed by atoms with E-state index in [-0.39, 0.29) is 5.82 Å². The number of hydrogen-bond donors (Lipinski definition) is 3. The monoisotopic (exact) mass is 231 g/mol. The number of aryl methyl sites for hydroxylation is 1. The van der Waals surface area contributed by atoms with Crippen LogP contribution in [0.1, 0.15) is 11.1 Å².